The van der Waals surface area contributed by atoms with E-state index in [0.717, 1.165) is 44.2 Å². The fraction of sp³-hybridized carbons (Fsp3) is 0.478. The third-order valence-corrected chi connectivity index (χ3v) is 4.61. The molecule has 154 valence electrons. The molecule has 0 saturated carbocycles. The van der Waals surface area contributed by atoms with Crippen LogP contribution in [0.25, 0.3) is 5.57 Å². The molecule has 1 aromatic carbocycles. The van der Waals surface area contributed by atoms with Gasteiger partial charge < -0.3 is 10.6 Å². The van der Waals surface area contributed by atoms with Crippen LogP contribution >= 0.6 is 12.6 Å². The number of benzene rings is 1. The van der Waals surface area contributed by atoms with Gasteiger partial charge in [-0.25, -0.2) is 0 Å². The predicted octanol–water partition coefficient (Wildman–Crippen LogP) is 4.89. The second-order valence-corrected chi connectivity index (χ2v) is 6.77. The maximum absolute atomic E-state index is 12.2. The summed E-state index contributed by atoms with van der Waals surface area (Å²) in [6.07, 6.45) is 10.5. The molecule has 0 fully saturated rings. The van der Waals surface area contributed by atoms with E-state index in [1.54, 1.807) is 0 Å². The van der Waals surface area contributed by atoms with Gasteiger partial charge in [-0.15, -0.1) is 0 Å². The lowest BCUT2D eigenvalue weighted by Gasteiger charge is -2.09. The number of allylic oxidation sites excluding steroid dienone is 3. The van der Waals surface area contributed by atoms with Gasteiger partial charge in [-0.05, 0) is 49.3 Å². The van der Waals surface area contributed by atoms with Gasteiger partial charge in [0.2, 0.25) is 11.8 Å². The normalized spacial score (nSPS) is 13.2. The SMILES string of the molecule is CC.O=C(CS)NCCCCCC(=O)NC1=CCCCC(c2ccccc2)=C1. The summed E-state index contributed by atoms with van der Waals surface area (Å²) >= 11 is 3.91. The molecule has 0 saturated heterocycles. The Hall–Kier alpha value is -2.01. The van der Waals surface area contributed by atoms with Crippen molar-refractivity contribution in [2.75, 3.05) is 12.3 Å². The van der Waals surface area contributed by atoms with E-state index in [2.05, 4.69) is 47.5 Å². The van der Waals surface area contributed by atoms with Crippen molar-refractivity contribution >= 4 is 30.0 Å². The van der Waals surface area contributed by atoms with Crippen LogP contribution < -0.4 is 10.6 Å². The van der Waals surface area contributed by atoms with Crippen LogP contribution in [-0.2, 0) is 9.59 Å². The number of carbonyl (C=O) groups excluding carboxylic acids is 2. The summed E-state index contributed by atoms with van der Waals surface area (Å²) < 4.78 is 0. The molecule has 0 spiro atoms. The van der Waals surface area contributed by atoms with Crippen LogP contribution in [0.3, 0.4) is 0 Å². The molecular weight excluding hydrogens is 368 g/mol. The lowest BCUT2D eigenvalue weighted by Crippen LogP contribution is -2.25. The summed E-state index contributed by atoms with van der Waals surface area (Å²) in [5.41, 5.74) is 3.40. The second-order valence-electron chi connectivity index (χ2n) is 6.45. The summed E-state index contributed by atoms with van der Waals surface area (Å²) in [4.78, 5) is 23.3. The molecule has 0 atom stereocenters. The van der Waals surface area contributed by atoms with Gasteiger partial charge in [0.05, 0.1) is 5.75 Å². The average molecular weight is 403 g/mol. The molecule has 1 aliphatic rings. The van der Waals surface area contributed by atoms with Gasteiger partial charge >= 0.3 is 0 Å². The Morgan fingerprint density at radius 3 is 2.50 bits per heavy atom. The number of thiol groups is 1. The first-order valence-electron chi connectivity index (χ1n) is 10.3. The van der Waals surface area contributed by atoms with Crippen molar-refractivity contribution in [2.45, 2.75) is 58.8 Å². The monoisotopic (exact) mass is 402 g/mol. The minimum absolute atomic E-state index is 0.0487. The molecule has 4 nitrogen and oxygen atoms in total. The molecule has 0 heterocycles. The molecule has 2 N–H and O–H groups in total. The van der Waals surface area contributed by atoms with Crippen molar-refractivity contribution in [1.29, 1.82) is 0 Å². The fourth-order valence-electron chi connectivity index (χ4n) is 2.93. The molecule has 0 unspecified atom stereocenters. The highest BCUT2D eigenvalue weighted by Crippen LogP contribution is 2.25. The Labute approximate surface area is 175 Å². The highest BCUT2D eigenvalue weighted by Gasteiger charge is 2.09. The Bertz CT molecular complexity index is 654. The average Bonchev–Trinajstić information content (AvgIpc) is 2.98. The lowest BCUT2D eigenvalue weighted by atomic mass is 10.0. The van der Waals surface area contributed by atoms with Crippen LogP contribution in [0.4, 0.5) is 0 Å². The van der Waals surface area contributed by atoms with Crippen molar-refractivity contribution in [3.8, 4) is 0 Å². The number of hydrogen-bond donors (Lipinski definition) is 3. The minimum Gasteiger partial charge on any atom is -0.355 e. The number of hydrogen-bond acceptors (Lipinski definition) is 3. The van der Waals surface area contributed by atoms with Gasteiger partial charge in [-0.1, -0.05) is 56.7 Å². The summed E-state index contributed by atoms with van der Waals surface area (Å²) in [5, 5.41) is 5.82. The zero-order valence-corrected chi connectivity index (χ0v) is 18.1. The van der Waals surface area contributed by atoms with Gasteiger partial charge in [0, 0.05) is 18.7 Å². The zero-order valence-electron chi connectivity index (χ0n) is 17.2. The van der Waals surface area contributed by atoms with E-state index in [-0.39, 0.29) is 17.6 Å². The molecule has 2 amide bonds. The maximum atomic E-state index is 12.2. The number of nitrogens with one attached hydrogen (secondary N) is 2. The van der Waals surface area contributed by atoms with Crippen molar-refractivity contribution in [1.82, 2.24) is 10.6 Å². The van der Waals surface area contributed by atoms with Crippen molar-refractivity contribution in [2.24, 2.45) is 0 Å². The van der Waals surface area contributed by atoms with Crippen LogP contribution in [0.1, 0.15) is 64.4 Å². The van der Waals surface area contributed by atoms with E-state index in [4.69, 9.17) is 0 Å². The molecule has 1 aliphatic carbocycles. The first kappa shape index (κ1) is 24.0. The van der Waals surface area contributed by atoms with Gasteiger partial charge in [-0.2, -0.15) is 12.6 Å². The van der Waals surface area contributed by atoms with Gasteiger partial charge in [0.15, 0.2) is 0 Å². The van der Waals surface area contributed by atoms with Crippen molar-refractivity contribution in [3.05, 3.63) is 53.7 Å². The Morgan fingerprint density at radius 2 is 1.79 bits per heavy atom. The molecule has 0 bridgehead atoms. The van der Waals surface area contributed by atoms with E-state index in [1.807, 2.05) is 32.0 Å². The van der Waals surface area contributed by atoms with Crippen LogP contribution in [0.15, 0.2) is 48.2 Å². The van der Waals surface area contributed by atoms with Crippen molar-refractivity contribution < 1.29 is 9.59 Å². The van der Waals surface area contributed by atoms with Gasteiger partial charge in [-0.3, -0.25) is 9.59 Å². The third-order valence-electron chi connectivity index (χ3n) is 4.32. The minimum atomic E-state index is -0.0487. The Kier molecular flexibility index (Phi) is 12.9. The number of carbonyl (C=O) groups is 2. The fourth-order valence-corrected chi connectivity index (χ4v) is 3.04. The van der Waals surface area contributed by atoms with E-state index in [0.29, 0.717) is 13.0 Å². The summed E-state index contributed by atoms with van der Waals surface area (Å²) in [6, 6.07) is 10.3. The lowest BCUT2D eigenvalue weighted by molar-refractivity contribution is -0.120. The van der Waals surface area contributed by atoms with Gasteiger partial charge in [0.25, 0.3) is 0 Å². The number of rotatable bonds is 9. The maximum Gasteiger partial charge on any atom is 0.229 e. The van der Waals surface area contributed by atoms with Crippen LogP contribution in [0.2, 0.25) is 0 Å². The van der Waals surface area contributed by atoms with Crippen molar-refractivity contribution in [3.63, 3.8) is 0 Å². The molecule has 0 radical (unpaired) electrons. The van der Waals surface area contributed by atoms with Crippen LogP contribution in [-0.4, -0.2) is 24.1 Å². The van der Waals surface area contributed by atoms with E-state index in [1.165, 1.54) is 11.1 Å². The topological polar surface area (TPSA) is 58.2 Å². The predicted molar refractivity (Wildman–Crippen MR) is 121 cm³/mol. The standard InChI is InChI=1S/C21H28N2O2S.C2H6/c24-20(13-5-2-8-14-22-21(25)16-26)23-19-12-7-6-11-18(15-19)17-9-3-1-4-10-17;1-2/h1,3-4,9-10,12,15,26H,2,5-8,11,13-14,16H2,(H,22,25)(H,23,24);1-2H3. The first-order valence-corrected chi connectivity index (χ1v) is 11.0. The molecule has 1 aromatic rings. The molecular formula is C23H34N2O2S. The van der Waals surface area contributed by atoms with Gasteiger partial charge in [0.1, 0.15) is 0 Å². The quantitative estimate of drug-likeness (QED) is 0.407. The molecule has 0 aromatic heterocycles. The first-order chi connectivity index (χ1) is 13.7. The van der Waals surface area contributed by atoms with Crippen LogP contribution in [0.5, 0.6) is 0 Å². The summed E-state index contributed by atoms with van der Waals surface area (Å²) in [7, 11) is 0. The van der Waals surface area contributed by atoms with E-state index < -0.39 is 0 Å². The third kappa shape index (κ3) is 9.79. The molecule has 5 heteroatoms. The highest BCUT2D eigenvalue weighted by molar-refractivity contribution is 7.81. The highest BCUT2D eigenvalue weighted by atomic mass is 32.1. The second kappa shape index (κ2) is 15.0. The zero-order chi connectivity index (χ0) is 20.6. The smallest absolute Gasteiger partial charge is 0.229 e. The summed E-state index contributed by atoms with van der Waals surface area (Å²) in [5.74, 6) is 0.226. The van der Waals surface area contributed by atoms with E-state index >= 15 is 0 Å². The largest absolute Gasteiger partial charge is 0.355 e. The molecule has 28 heavy (non-hydrogen) atoms. The summed E-state index contributed by atoms with van der Waals surface area (Å²) in [6.45, 7) is 4.65. The van der Waals surface area contributed by atoms with Crippen LogP contribution in [0, 0.1) is 0 Å². The number of amides is 2. The molecule has 0 aliphatic heterocycles. The Morgan fingerprint density at radius 1 is 1.04 bits per heavy atom. The number of unbranched alkanes of at least 4 members (excludes halogenated alkanes) is 2. The molecule has 2 rings (SSSR count). The van der Waals surface area contributed by atoms with E-state index in [9.17, 15) is 9.59 Å². The Balaban J connectivity index is 0.00000190.